The highest BCUT2D eigenvalue weighted by molar-refractivity contribution is 9.10. The van der Waals surface area contributed by atoms with Crippen molar-refractivity contribution in [3.05, 3.63) is 28.5 Å². The van der Waals surface area contributed by atoms with E-state index in [4.69, 9.17) is 4.74 Å². The number of hydrogen-bond acceptors (Lipinski definition) is 3. The fraction of sp³-hybridized carbons (Fsp3) is 0.400. The van der Waals surface area contributed by atoms with Gasteiger partial charge < -0.3 is 10.1 Å². The van der Waals surface area contributed by atoms with Crippen LogP contribution in [0.3, 0.4) is 0 Å². The van der Waals surface area contributed by atoms with E-state index in [9.17, 15) is 4.79 Å². The van der Waals surface area contributed by atoms with E-state index in [1.165, 1.54) is 6.20 Å². The number of pyridine rings is 1. The van der Waals surface area contributed by atoms with Crippen molar-refractivity contribution in [3.63, 3.8) is 0 Å². The molecule has 1 rings (SSSR count). The van der Waals surface area contributed by atoms with Gasteiger partial charge in [-0.05, 0) is 28.9 Å². The average Bonchev–Trinajstić information content (AvgIpc) is 2.25. The van der Waals surface area contributed by atoms with E-state index in [2.05, 4.69) is 26.2 Å². The Balaban J connectivity index is 2.54. The highest BCUT2D eigenvalue weighted by atomic mass is 79.9. The molecule has 0 aromatic carbocycles. The second-order valence-corrected chi connectivity index (χ2v) is 4.06. The molecule has 0 bridgehead atoms. The maximum Gasteiger partial charge on any atom is 0.252 e. The van der Waals surface area contributed by atoms with Crippen LogP contribution in [0.15, 0.2) is 22.9 Å². The monoisotopic (exact) mass is 272 g/mol. The van der Waals surface area contributed by atoms with Gasteiger partial charge in [0.2, 0.25) is 0 Å². The highest BCUT2D eigenvalue weighted by Gasteiger charge is 2.07. The topological polar surface area (TPSA) is 51.2 Å². The van der Waals surface area contributed by atoms with Crippen LogP contribution in [0.25, 0.3) is 0 Å². The van der Waals surface area contributed by atoms with Crippen molar-refractivity contribution in [1.29, 1.82) is 0 Å². The average molecular weight is 273 g/mol. The summed E-state index contributed by atoms with van der Waals surface area (Å²) in [5.74, 6) is -0.146. The van der Waals surface area contributed by atoms with Gasteiger partial charge in [-0.25, -0.2) is 0 Å². The van der Waals surface area contributed by atoms with Gasteiger partial charge in [0, 0.05) is 30.5 Å². The molecule has 1 N–H and O–H groups in total. The van der Waals surface area contributed by atoms with E-state index < -0.39 is 0 Å². The molecular formula is C10H13BrN2O2. The smallest absolute Gasteiger partial charge is 0.252 e. The molecule has 15 heavy (non-hydrogen) atoms. The number of ether oxygens (including phenoxy) is 1. The van der Waals surface area contributed by atoms with Crippen LogP contribution in [0.2, 0.25) is 0 Å². The number of carbonyl (C=O) groups excluding carboxylic acids is 1. The largest absolute Gasteiger partial charge is 0.380 e. The van der Waals surface area contributed by atoms with Crippen LogP contribution in [0.5, 0.6) is 0 Å². The number of halogens is 1. The molecule has 0 aliphatic heterocycles. The summed E-state index contributed by atoms with van der Waals surface area (Å²) in [6.07, 6.45) is 3.17. The van der Waals surface area contributed by atoms with Crippen molar-refractivity contribution in [1.82, 2.24) is 10.3 Å². The van der Waals surface area contributed by atoms with Gasteiger partial charge in [0.25, 0.3) is 5.91 Å². The Morgan fingerprint density at radius 3 is 3.00 bits per heavy atom. The Hall–Kier alpha value is -0.940. The second-order valence-electron chi connectivity index (χ2n) is 3.15. The van der Waals surface area contributed by atoms with Crippen molar-refractivity contribution >= 4 is 21.8 Å². The van der Waals surface area contributed by atoms with E-state index >= 15 is 0 Å². The van der Waals surface area contributed by atoms with Crippen LogP contribution in [0.1, 0.15) is 17.3 Å². The molecule has 1 atom stereocenters. The van der Waals surface area contributed by atoms with Gasteiger partial charge in [-0.15, -0.1) is 0 Å². The minimum absolute atomic E-state index is 0.00839. The molecule has 0 fully saturated rings. The van der Waals surface area contributed by atoms with Gasteiger partial charge in [0.1, 0.15) is 0 Å². The fourth-order valence-corrected chi connectivity index (χ4v) is 1.32. The lowest BCUT2D eigenvalue weighted by Gasteiger charge is -2.10. The van der Waals surface area contributed by atoms with E-state index in [1.807, 2.05) is 6.92 Å². The predicted molar refractivity (Wildman–Crippen MR) is 60.7 cm³/mol. The predicted octanol–water partition coefficient (Wildman–Crippen LogP) is 1.61. The zero-order valence-corrected chi connectivity index (χ0v) is 10.2. The van der Waals surface area contributed by atoms with Crippen molar-refractivity contribution in [3.8, 4) is 0 Å². The van der Waals surface area contributed by atoms with Crippen LogP contribution in [0.4, 0.5) is 0 Å². The first-order valence-corrected chi connectivity index (χ1v) is 5.34. The second kappa shape index (κ2) is 5.82. The Kier molecular flexibility index (Phi) is 4.71. The number of aromatic nitrogens is 1. The van der Waals surface area contributed by atoms with Crippen molar-refractivity contribution in [2.75, 3.05) is 13.7 Å². The molecule has 0 spiro atoms. The van der Waals surface area contributed by atoms with Crippen molar-refractivity contribution in [2.24, 2.45) is 0 Å². The number of amides is 1. The highest BCUT2D eigenvalue weighted by Crippen LogP contribution is 2.09. The third kappa shape index (κ3) is 3.97. The van der Waals surface area contributed by atoms with Gasteiger partial charge >= 0.3 is 0 Å². The Labute approximate surface area is 97.2 Å². The van der Waals surface area contributed by atoms with Crippen molar-refractivity contribution in [2.45, 2.75) is 13.0 Å². The zero-order valence-electron chi connectivity index (χ0n) is 8.66. The third-order valence-corrected chi connectivity index (χ3v) is 2.35. The molecule has 0 aliphatic carbocycles. The molecule has 0 saturated heterocycles. The molecule has 4 nitrogen and oxygen atoms in total. The molecule has 1 aromatic heterocycles. The van der Waals surface area contributed by atoms with E-state index in [1.54, 1.807) is 19.4 Å². The Morgan fingerprint density at radius 1 is 1.67 bits per heavy atom. The SMILES string of the molecule is COC(C)CNC(=O)c1cncc(Br)c1. The standard InChI is InChI=1S/C10H13BrN2O2/c1-7(15-2)4-13-10(14)8-3-9(11)6-12-5-8/h3,5-7H,4H2,1-2H3,(H,13,14). The molecule has 0 radical (unpaired) electrons. The molecule has 82 valence electrons. The number of carbonyl (C=O) groups is 1. The minimum atomic E-state index is -0.146. The van der Waals surface area contributed by atoms with Crippen LogP contribution in [0, 0.1) is 0 Å². The van der Waals surface area contributed by atoms with Crippen LogP contribution in [-0.2, 0) is 4.74 Å². The number of nitrogens with zero attached hydrogens (tertiary/aromatic N) is 1. The maximum atomic E-state index is 11.6. The number of nitrogens with one attached hydrogen (secondary N) is 1. The number of hydrogen-bond donors (Lipinski definition) is 1. The summed E-state index contributed by atoms with van der Waals surface area (Å²) in [6, 6.07) is 1.72. The molecule has 1 aromatic rings. The lowest BCUT2D eigenvalue weighted by molar-refractivity contribution is 0.0870. The summed E-state index contributed by atoms with van der Waals surface area (Å²) in [6.45, 7) is 2.38. The normalized spacial score (nSPS) is 12.2. The molecule has 0 aliphatic rings. The minimum Gasteiger partial charge on any atom is -0.380 e. The van der Waals surface area contributed by atoms with Gasteiger partial charge in [-0.1, -0.05) is 0 Å². The first kappa shape index (κ1) is 12.1. The number of rotatable bonds is 4. The Bertz CT molecular complexity index is 344. The van der Waals surface area contributed by atoms with Crippen LogP contribution in [-0.4, -0.2) is 30.6 Å². The fourth-order valence-electron chi connectivity index (χ4n) is 0.958. The van der Waals surface area contributed by atoms with Gasteiger partial charge in [-0.2, -0.15) is 0 Å². The maximum absolute atomic E-state index is 11.6. The summed E-state index contributed by atoms with van der Waals surface area (Å²) in [7, 11) is 1.61. The van der Waals surface area contributed by atoms with Gasteiger partial charge in [-0.3, -0.25) is 9.78 Å². The summed E-state index contributed by atoms with van der Waals surface area (Å²) < 4.78 is 5.81. The Morgan fingerprint density at radius 2 is 2.40 bits per heavy atom. The van der Waals surface area contributed by atoms with Gasteiger partial charge in [0.05, 0.1) is 11.7 Å². The van der Waals surface area contributed by atoms with Crippen LogP contribution >= 0.6 is 15.9 Å². The molecule has 0 saturated carbocycles. The van der Waals surface area contributed by atoms with Gasteiger partial charge in [0.15, 0.2) is 0 Å². The molecule has 5 heteroatoms. The third-order valence-electron chi connectivity index (χ3n) is 1.92. The van der Waals surface area contributed by atoms with E-state index in [-0.39, 0.29) is 12.0 Å². The first-order chi connectivity index (χ1) is 7.13. The van der Waals surface area contributed by atoms with Crippen LogP contribution < -0.4 is 5.32 Å². The summed E-state index contributed by atoms with van der Waals surface area (Å²) in [5, 5.41) is 2.75. The summed E-state index contributed by atoms with van der Waals surface area (Å²) in [4.78, 5) is 15.5. The lowest BCUT2D eigenvalue weighted by Crippen LogP contribution is -2.31. The molecule has 1 heterocycles. The van der Waals surface area contributed by atoms with E-state index in [0.717, 1.165) is 4.47 Å². The zero-order chi connectivity index (χ0) is 11.3. The first-order valence-electron chi connectivity index (χ1n) is 4.55. The quantitative estimate of drug-likeness (QED) is 0.906. The van der Waals surface area contributed by atoms with E-state index in [0.29, 0.717) is 12.1 Å². The molecular weight excluding hydrogens is 260 g/mol. The number of methoxy groups -OCH3 is 1. The van der Waals surface area contributed by atoms with Crippen molar-refractivity contribution < 1.29 is 9.53 Å². The molecule has 1 unspecified atom stereocenters. The lowest BCUT2D eigenvalue weighted by atomic mass is 10.2. The summed E-state index contributed by atoms with van der Waals surface area (Å²) >= 11 is 3.26. The molecule has 1 amide bonds. The summed E-state index contributed by atoms with van der Waals surface area (Å²) in [5.41, 5.74) is 0.535.